The number of aryl methyl sites for hydroxylation is 3. The van der Waals surface area contributed by atoms with Crippen LogP contribution in [0.15, 0.2) is 12.1 Å². The van der Waals surface area contributed by atoms with E-state index in [0.717, 1.165) is 16.7 Å². The number of rotatable bonds is 5. The number of hydrogen-bond acceptors (Lipinski definition) is 3. The maximum atomic E-state index is 12.0. The summed E-state index contributed by atoms with van der Waals surface area (Å²) in [5.74, 6) is -2.01. The Morgan fingerprint density at radius 3 is 2.05 bits per heavy atom. The summed E-state index contributed by atoms with van der Waals surface area (Å²) >= 11 is 0. The summed E-state index contributed by atoms with van der Waals surface area (Å²) in [6, 6.07) is 3.79. The Labute approximate surface area is 117 Å². The van der Waals surface area contributed by atoms with E-state index in [-0.39, 0.29) is 12.5 Å². The van der Waals surface area contributed by atoms with Gasteiger partial charge in [0.2, 0.25) is 5.91 Å². The number of amides is 2. The summed E-state index contributed by atoms with van der Waals surface area (Å²) in [5.41, 5.74) is 3.29. The van der Waals surface area contributed by atoms with Crippen molar-refractivity contribution in [1.82, 2.24) is 10.6 Å². The number of carbonyl (C=O) groups excluding carboxylic acids is 2. The van der Waals surface area contributed by atoms with Gasteiger partial charge in [0.25, 0.3) is 5.91 Å². The van der Waals surface area contributed by atoms with E-state index in [1.54, 1.807) is 0 Å². The molecule has 20 heavy (non-hydrogen) atoms. The van der Waals surface area contributed by atoms with E-state index in [1.807, 2.05) is 32.9 Å². The molecule has 0 aliphatic heterocycles. The van der Waals surface area contributed by atoms with E-state index in [1.165, 1.54) is 0 Å². The third-order valence-corrected chi connectivity index (χ3v) is 2.75. The predicted molar refractivity (Wildman–Crippen MR) is 73.6 cm³/mol. The molecule has 0 unspecified atom stereocenters. The van der Waals surface area contributed by atoms with Gasteiger partial charge in [0.15, 0.2) is 0 Å². The summed E-state index contributed by atoms with van der Waals surface area (Å²) in [7, 11) is 0. The molecule has 1 aromatic carbocycles. The quantitative estimate of drug-likeness (QED) is 0.732. The first-order valence-electron chi connectivity index (χ1n) is 6.15. The molecule has 0 bridgehead atoms. The van der Waals surface area contributed by atoms with Gasteiger partial charge < -0.3 is 15.7 Å². The van der Waals surface area contributed by atoms with E-state index >= 15 is 0 Å². The molecule has 0 saturated heterocycles. The zero-order valence-corrected chi connectivity index (χ0v) is 11.7. The fraction of sp³-hybridized carbons (Fsp3) is 0.357. The second kappa shape index (κ2) is 6.70. The van der Waals surface area contributed by atoms with Crippen molar-refractivity contribution >= 4 is 17.8 Å². The fourth-order valence-corrected chi connectivity index (χ4v) is 2.02. The molecule has 0 radical (unpaired) electrons. The first-order valence-corrected chi connectivity index (χ1v) is 6.15. The number of aliphatic carboxylic acids is 1. The molecule has 2 amide bonds. The minimum absolute atomic E-state index is 0.251. The lowest BCUT2D eigenvalue weighted by atomic mass is 9.99. The normalized spacial score (nSPS) is 9.95. The average molecular weight is 278 g/mol. The maximum absolute atomic E-state index is 12.0. The molecule has 6 heteroatoms. The van der Waals surface area contributed by atoms with Crippen LogP contribution in [0.25, 0.3) is 0 Å². The molecule has 0 saturated carbocycles. The lowest BCUT2D eigenvalue weighted by Gasteiger charge is -2.11. The molecule has 0 aliphatic carbocycles. The first kappa shape index (κ1) is 15.7. The Balaban J connectivity index is 2.64. The molecule has 0 heterocycles. The van der Waals surface area contributed by atoms with E-state index < -0.39 is 18.4 Å². The number of nitrogens with one attached hydrogen (secondary N) is 2. The van der Waals surface area contributed by atoms with E-state index in [0.29, 0.717) is 5.56 Å². The minimum atomic E-state index is -1.13. The second-order valence-electron chi connectivity index (χ2n) is 4.63. The van der Waals surface area contributed by atoms with Crippen LogP contribution >= 0.6 is 0 Å². The van der Waals surface area contributed by atoms with Crippen LogP contribution in [0.2, 0.25) is 0 Å². The van der Waals surface area contributed by atoms with E-state index in [4.69, 9.17) is 5.11 Å². The van der Waals surface area contributed by atoms with Crippen LogP contribution in [0.3, 0.4) is 0 Å². The van der Waals surface area contributed by atoms with E-state index in [2.05, 4.69) is 10.6 Å². The van der Waals surface area contributed by atoms with Gasteiger partial charge in [0, 0.05) is 5.56 Å². The maximum Gasteiger partial charge on any atom is 0.322 e. The highest BCUT2D eigenvalue weighted by atomic mass is 16.4. The summed E-state index contributed by atoms with van der Waals surface area (Å²) in [6.45, 7) is 4.90. The molecule has 3 N–H and O–H groups in total. The van der Waals surface area contributed by atoms with Crippen LogP contribution in [0, 0.1) is 20.8 Å². The van der Waals surface area contributed by atoms with Gasteiger partial charge in [-0.2, -0.15) is 0 Å². The molecule has 0 spiro atoms. The summed E-state index contributed by atoms with van der Waals surface area (Å²) in [6.07, 6.45) is 0. The third kappa shape index (κ3) is 4.38. The average Bonchev–Trinajstić information content (AvgIpc) is 2.32. The summed E-state index contributed by atoms with van der Waals surface area (Å²) in [4.78, 5) is 33.6. The van der Waals surface area contributed by atoms with Crippen LogP contribution < -0.4 is 10.6 Å². The number of carbonyl (C=O) groups is 3. The standard InChI is InChI=1S/C14H18N2O4/c1-8-4-9(2)13(10(3)5-8)14(20)16-6-11(17)15-7-12(18)19/h4-5H,6-7H2,1-3H3,(H,15,17)(H,16,20)(H,18,19). The Morgan fingerprint density at radius 2 is 1.55 bits per heavy atom. The van der Waals surface area contributed by atoms with Crippen molar-refractivity contribution in [2.75, 3.05) is 13.1 Å². The third-order valence-electron chi connectivity index (χ3n) is 2.75. The monoisotopic (exact) mass is 278 g/mol. The van der Waals surface area contributed by atoms with Gasteiger partial charge in [0.05, 0.1) is 6.54 Å². The fourth-order valence-electron chi connectivity index (χ4n) is 2.02. The van der Waals surface area contributed by atoms with Crippen molar-refractivity contribution in [2.24, 2.45) is 0 Å². The van der Waals surface area contributed by atoms with Gasteiger partial charge >= 0.3 is 5.97 Å². The summed E-state index contributed by atoms with van der Waals surface area (Å²) < 4.78 is 0. The van der Waals surface area contributed by atoms with Gasteiger partial charge in [-0.3, -0.25) is 14.4 Å². The number of carboxylic acids is 1. The zero-order chi connectivity index (χ0) is 15.3. The Kier molecular flexibility index (Phi) is 5.25. The van der Waals surface area contributed by atoms with E-state index in [9.17, 15) is 14.4 Å². The van der Waals surface area contributed by atoms with Gasteiger partial charge in [0.1, 0.15) is 6.54 Å². The highest BCUT2D eigenvalue weighted by Gasteiger charge is 2.13. The summed E-state index contributed by atoms with van der Waals surface area (Å²) in [5, 5.41) is 13.1. The largest absolute Gasteiger partial charge is 0.480 e. The molecular weight excluding hydrogens is 260 g/mol. The highest BCUT2D eigenvalue weighted by molar-refractivity contribution is 5.99. The van der Waals surface area contributed by atoms with Crippen molar-refractivity contribution in [2.45, 2.75) is 20.8 Å². The minimum Gasteiger partial charge on any atom is -0.480 e. The second-order valence-corrected chi connectivity index (χ2v) is 4.63. The first-order chi connectivity index (χ1) is 9.31. The number of benzene rings is 1. The van der Waals surface area contributed by atoms with Crippen molar-refractivity contribution < 1.29 is 19.5 Å². The topological polar surface area (TPSA) is 95.5 Å². The van der Waals surface area contributed by atoms with Gasteiger partial charge in [-0.1, -0.05) is 17.7 Å². The van der Waals surface area contributed by atoms with Gasteiger partial charge in [-0.15, -0.1) is 0 Å². The molecule has 108 valence electrons. The zero-order valence-electron chi connectivity index (χ0n) is 11.7. The Morgan fingerprint density at radius 1 is 1.00 bits per heavy atom. The lowest BCUT2D eigenvalue weighted by Crippen LogP contribution is -2.39. The van der Waals surface area contributed by atoms with Crippen LogP contribution in [0.1, 0.15) is 27.0 Å². The molecular formula is C14H18N2O4. The SMILES string of the molecule is Cc1cc(C)c(C(=O)NCC(=O)NCC(=O)O)c(C)c1. The van der Waals surface area contributed by atoms with Crippen molar-refractivity contribution in [3.05, 3.63) is 34.4 Å². The number of carboxylic acid groups (broad SMARTS) is 1. The van der Waals surface area contributed by atoms with Crippen LogP contribution in [0.5, 0.6) is 0 Å². The lowest BCUT2D eigenvalue weighted by molar-refractivity contribution is -0.137. The molecule has 1 aromatic rings. The van der Waals surface area contributed by atoms with Crippen molar-refractivity contribution in [3.8, 4) is 0 Å². The molecule has 0 aliphatic rings. The smallest absolute Gasteiger partial charge is 0.322 e. The van der Waals surface area contributed by atoms with Crippen LogP contribution in [-0.2, 0) is 9.59 Å². The molecule has 0 aromatic heterocycles. The molecule has 6 nitrogen and oxygen atoms in total. The predicted octanol–water partition coefficient (Wildman–Crippen LogP) is 0.542. The van der Waals surface area contributed by atoms with Crippen LogP contribution in [-0.4, -0.2) is 36.0 Å². The van der Waals surface area contributed by atoms with Gasteiger partial charge in [-0.05, 0) is 31.9 Å². The molecule has 0 atom stereocenters. The van der Waals surface area contributed by atoms with Gasteiger partial charge in [-0.25, -0.2) is 0 Å². The highest BCUT2D eigenvalue weighted by Crippen LogP contribution is 2.15. The molecule has 1 rings (SSSR count). The Hall–Kier alpha value is -2.37. The van der Waals surface area contributed by atoms with Crippen LogP contribution in [0.4, 0.5) is 0 Å². The number of hydrogen-bond donors (Lipinski definition) is 3. The Bertz CT molecular complexity index is 529. The van der Waals surface area contributed by atoms with Crippen molar-refractivity contribution in [3.63, 3.8) is 0 Å². The molecule has 0 fully saturated rings. The van der Waals surface area contributed by atoms with Crippen molar-refractivity contribution in [1.29, 1.82) is 0 Å².